The molecule has 0 aliphatic heterocycles. The minimum absolute atomic E-state index is 0.00676. The van der Waals surface area contributed by atoms with Gasteiger partial charge in [0.15, 0.2) is 17.3 Å². The summed E-state index contributed by atoms with van der Waals surface area (Å²) in [6.07, 6.45) is 1.83. The lowest BCUT2D eigenvalue weighted by atomic mass is 10.1. The molecule has 1 aliphatic rings. The fraction of sp³-hybridized carbons (Fsp3) is 0.414. The third-order valence-corrected chi connectivity index (χ3v) is 13.7. The molecule has 1 atom stereocenters. The van der Waals surface area contributed by atoms with Crippen molar-refractivity contribution in [2.45, 2.75) is 77.0 Å². The monoisotopic (exact) mass is 518 g/mol. The highest BCUT2D eigenvalue weighted by Gasteiger charge is 2.47. The smallest absolute Gasteiger partial charge is 0.356 e. The number of aromatic nitrogens is 2. The molecule has 0 amide bonds. The molecule has 8 heteroatoms. The van der Waals surface area contributed by atoms with Gasteiger partial charge in [0.2, 0.25) is 0 Å². The topological polar surface area (TPSA) is 110 Å². The number of benzene rings is 2. The number of aromatic carboxylic acids is 1. The van der Waals surface area contributed by atoms with Crippen LogP contribution in [-0.2, 0) is 6.42 Å². The number of rotatable bonds is 9. The van der Waals surface area contributed by atoms with Gasteiger partial charge in [-0.2, -0.15) is 0 Å². The number of carboxylic acids is 1. The first kappa shape index (κ1) is 26.7. The number of nitrogens with two attached hydrogens (primary N) is 1. The largest absolute Gasteiger partial charge is 0.543 e. The summed E-state index contributed by atoms with van der Waals surface area (Å²) < 4.78 is 6.85. The average Bonchev–Trinajstić information content (AvgIpc) is 3.26. The Hall–Kier alpha value is -3.39. The standard InChI is InChI=1S/C29H38N4O3Si/c1-17(2)37(18(3)4,19(5)6)36-22-12-9-11-21(16-22)27-32-26(29(34)35)25(30)28(33-27)31-24-15-14-20-10-7-8-13-23(20)24/h7-13,16-19,24H,14-15,30H2,1-6H3,(H,34,35)(H,31,32,33). The SMILES string of the molecule is CC(C)[Si](Oc1cccc(-c2nc(NC3CCc4ccccc43)c(N)c(C(=O)O)n2)c1)(C(C)C)C(C)C. The minimum Gasteiger partial charge on any atom is -0.543 e. The van der Waals surface area contributed by atoms with Gasteiger partial charge in [-0.25, -0.2) is 14.8 Å². The number of anilines is 2. The molecule has 4 N–H and O–H groups in total. The van der Waals surface area contributed by atoms with Crippen LogP contribution < -0.4 is 15.5 Å². The number of hydrogen-bond acceptors (Lipinski definition) is 6. The summed E-state index contributed by atoms with van der Waals surface area (Å²) in [7, 11) is -2.17. The third-order valence-electron chi connectivity index (χ3n) is 7.69. The van der Waals surface area contributed by atoms with Crippen molar-refractivity contribution in [2.24, 2.45) is 0 Å². The van der Waals surface area contributed by atoms with Crippen molar-refractivity contribution in [3.8, 4) is 17.1 Å². The Kier molecular flexibility index (Phi) is 7.59. The van der Waals surface area contributed by atoms with Gasteiger partial charge in [-0.3, -0.25) is 0 Å². The van der Waals surface area contributed by atoms with Gasteiger partial charge in [-0.15, -0.1) is 0 Å². The Labute approximate surface area is 220 Å². The van der Waals surface area contributed by atoms with E-state index in [0.717, 1.165) is 18.6 Å². The molecule has 1 heterocycles. The van der Waals surface area contributed by atoms with Crippen LogP contribution in [0, 0.1) is 0 Å². The van der Waals surface area contributed by atoms with E-state index in [1.807, 2.05) is 36.4 Å². The van der Waals surface area contributed by atoms with Crippen LogP contribution in [0.15, 0.2) is 48.5 Å². The molecular weight excluding hydrogens is 480 g/mol. The van der Waals surface area contributed by atoms with Crippen LogP contribution in [0.5, 0.6) is 5.75 Å². The molecule has 4 rings (SSSR count). The Morgan fingerprint density at radius 2 is 1.70 bits per heavy atom. The van der Waals surface area contributed by atoms with Crippen LogP contribution in [-0.4, -0.2) is 29.4 Å². The van der Waals surface area contributed by atoms with Crippen LogP contribution in [0.1, 0.15) is 75.6 Å². The van der Waals surface area contributed by atoms with Crippen molar-refractivity contribution in [1.29, 1.82) is 0 Å². The van der Waals surface area contributed by atoms with Crippen LogP contribution in [0.3, 0.4) is 0 Å². The van der Waals surface area contributed by atoms with Gasteiger partial charge in [0, 0.05) is 5.56 Å². The van der Waals surface area contributed by atoms with Crippen LogP contribution >= 0.6 is 0 Å². The van der Waals surface area contributed by atoms with E-state index in [0.29, 0.717) is 33.8 Å². The Morgan fingerprint density at radius 3 is 2.35 bits per heavy atom. The van der Waals surface area contributed by atoms with E-state index in [4.69, 9.17) is 15.1 Å². The first-order valence-corrected chi connectivity index (χ1v) is 15.2. The molecule has 7 nitrogen and oxygen atoms in total. The summed E-state index contributed by atoms with van der Waals surface area (Å²) >= 11 is 0. The van der Waals surface area contributed by atoms with Crippen molar-refractivity contribution in [2.75, 3.05) is 11.1 Å². The maximum Gasteiger partial charge on any atom is 0.356 e. The molecule has 196 valence electrons. The van der Waals surface area contributed by atoms with Gasteiger partial charge in [0.25, 0.3) is 8.32 Å². The normalized spacial score (nSPS) is 15.3. The zero-order valence-electron chi connectivity index (χ0n) is 22.6. The van der Waals surface area contributed by atoms with E-state index in [1.165, 1.54) is 11.1 Å². The van der Waals surface area contributed by atoms with E-state index in [2.05, 4.69) is 64.0 Å². The highest BCUT2D eigenvalue weighted by molar-refractivity contribution is 6.78. The molecule has 0 spiro atoms. The van der Waals surface area contributed by atoms with E-state index in [1.54, 1.807) is 0 Å². The molecule has 1 unspecified atom stereocenters. The lowest BCUT2D eigenvalue weighted by Gasteiger charge is -2.42. The molecule has 1 aliphatic carbocycles. The summed E-state index contributed by atoms with van der Waals surface area (Å²) in [4.78, 5) is 21.1. The fourth-order valence-corrected chi connectivity index (χ4v) is 11.2. The van der Waals surface area contributed by atoms with E-state index < -0.39 is 14.3 Å². The van der Waals surface area contributed by atoms with Gasteiger partial charge in [0.1, 0.15) is 11.4 Å². The second-order valence-electron chi connectivity index (χ2n) is 10.8. The maximum atomic E-state index is 12.1. The number of carbonyl (C=O) groups is 1. The number of carboxylic acid groups (broad SMARTS) is 1. The van der Waals surface area contributed by atoms with Crippen molar-refractivity contribution in [3.63, 3.8) is 0 Å². The van der Waals surface area contributed by atoms with Crippen LogP contribution in [0.4, 0.5) is 11.5 Å². The van der Waals surface area contributed by atoms with Gasteiger partial charge < -0.3 is 20.6 Å². The number of fused-ring (bicyclic) bond motifs is 1. The number of aryl methyl sites for hydroxylation is 1. The quantitative estimate of drug-likeness (QED) is 0.260. The molecule has 0 radical (unpaired) electrons. The summed E-state index contributed by atoms with van der Waals surface area (Å²) in [6.45, 7) is 13.5. The van der Waals surface area contributed by atoms with Crippen molar-refractivity contribution < 1.29 is 14.3 Å². The summed E-state index contributed by atoms with van der Waals surface area (Å²) in [6, 6.07) is 15.9. The van der Waals surface area contributed by atoms with E-state index in [-0.39, 0.29) is 17.4 Å². The van der Waals surface area contributed by atoms with Crippen molar-refractivity contribution in [1.82, 2.24) is 9.97 Å². The van der Waals surface area contributed by atoms with Crippen molar-refractivity contribution >= 4 is 25.8 Å². The van der Waals surface area contributed by atoms with Gasteiger partial charge >= 0.3 is 5.97 Å². The Bertz CT molecular complexity index is 1270. The summed E-state index contributed by atoms with van der Waals surface area (Å²) in [5, 5.41) is 13.3. The zero-order valence-corrected chi connectivity index (χ0v) is 23.6. The summed E-state index contributed by atoms with van der Waals surface area (Å²) in [5.74, 6) is 0.216. The number of nitrogens with one attached hydrogen (secondary N) is 1. The number of hydrogen-bond donors (Lipinski definition) is 3. The minimum atomic E-state index is -2.17. The predicted molar refractivity (Wildman–Crippen MR) is 152 cm³/mol. The highest BCUT2D eigenvalue weighted by Crippen LogP contribution is 2.43. The van der Waals surface area contributed by atoms with Gasteiger partial charge in [0.05, 0.1) is 6.04 Å². The molecule has 0 fully saturated rings. The van der Waals surface area contributed by atoms with E-state index >= 15 is 0 Å². The Balaban J connectivity index is 1.73. The molecule has 1 aromatic heterocycles. The zero-order chi connectivity index (χ0) is 26.9. The first-order valence-electron chi connectivity index (χ1n) is 13.1. The van der Waals surface area contributed by atoms with Crippen molar-refractivity contribution in [3.05, 3.63) is 65.4 Å². The van der Waals surface area contributed by atoms with E-state index in [9.17, 15) is 9.90 Å². The molecule has 37 heavy (non-hydrogen) atoms. The number of nitrogens with zero attached hydrogens (tertiary/aromatic N) is 2. The Morgan fingerprint density at radius 1 is 1.03 bits per heavy atom. The summed E-state index contributed by atoms with van der Waals surface area (Å²) in [5.41, 5.74) is 10.5. The third kappa shape index (κ3) is 5.07. The van der Waals surface area contributed by atoms with Gasteiger partial charge in [-0.05, 0) is 52.7 Å². The lowest BCUT2D eigenvalue weighted by Crippen LogP contribution is -2.50. The van der Waals surface area contributed by atoms with Crippen LogP contribution in [0.25, 0.3) is 11.4 Å². The molecule has 0 bridgehead atoms. The number of nitrogen functional groups attached to an aromatic ring is 1. The maximum absolute atomic E-state index is 12.1. The average molecular weight is 519 g/mol. The molecular formula is C29H38N4O3Si. The predicted octanol–water partition coefficient (Wildman–Crippen LogP) is 7.08. The molecule has 3 aromatic rings. The second-order valence-corrected chi connectivity index (χ2v) is 16.2. The molecule has 0 saturated carbocycles. The van der Waals surface area contributed by atoms with Gasteiger partial charge in [-0.1, -0.05) is 77.9 Å². The second kappa shape index (κ2) is 10.5. The molecule has 0 saturated heterocycles. The highest BCUT2D eigenvalue weighted by atomic mass is 28.4. The first-order chi connectivity index (χ1) is 17.5. The fourth-order valence-electron chi connectivity index (χ4n) is 6.00. The van der Waals surface area contributed by atoms with Crippen LogP contribution in [0.2, 0.25) is 16.6 Å². The lowest BCUT2D eigenvalue weighted by molar-refractivity contribution is 0.0691. The molecule has 2 aromatic carbocycles.